The van der Waals surface area contributed by atoms with Crippen LogP contribution in [0.1, 0.15) is 34.0 Å². The van der Waals surface area contributed by atoms with E-state index in [0.29, 0.717) is 22.0 Å². The normalized spacial score (nSPS) is 13.2. The number of fused-ring (bicyclic) bond motifs is 1. The summed E-state index contributed by atoms with van der Waals surface area (Å²) in [4.78, 5) is 31.1. The molecule has 5 heteroatoms. The molecule has 3 aromatic rings. The zero-order chi connectivity index (χ0) is 19.8. The number of rotatable bonds is 4. The van der Waals surface area contributed by atoms with Gasteiger partial charge in [-0.15, -0.1) is 0 Å². The Morgan fingerprint density at radius 1 is 1.04 bits per heavy atom. The van der Waals surface area contributed by atoms with E-state index < -0.39 is 11.5 Å². The van der Waals surface area contributed by atoms with Crippen LogP contribution in [0.25, 0.3) is 10.9 Å². The Kier molecular flexibility index (Phi) is 4.70. The van der Waals surface area contributed by atoms with Crippen LogP contribution < -0.4 is 0 Å². The highest BCUT2D eigenvalue weighted by Gasteiger charge is 2.43. The number of benzene rings is 2. The number of aryl methyl sites for hydroxylation is 2. The zero-order valence-electron chi connectivity index (χ0n) is 15.9. The maximum absolute atomic E-state index is 13.2. The van der Waals surface area contributed by atoms with E-state index in [9.17, 15) is 14.7 Å². The highest BCUT2D eigenvalue weighted by molar-refractivity contribution is 6.00. The minimum Gasteiger partial charge on any atom is -0.479 e. The van der Waals surface area contributed by atoms with Crippen LogP contribution in [-0.2, 0) is 10.3 Å². The molecule has 0 aliphatic carbocycles. The van der Waals surface area contributed by atoms with Crippen molar-refractivity contribution in [2.24, 2.45) is 0 Å². The molecule has 1 aromatic heterocycles. The highest BCUT2D eigenvalue weighted by atomic mass is 16.4. The predicted octanol–water partition coefficient (Wildman–Crippen LogP) is 3.92. The molecule has 0 bridgehead atoms. The lowest BCUT2D eigenvalue weighted by Crippen LogP contribution is -2.50. The molecular weight excluding hydrogens is 340 g/mol. The summed E-state index contributed by atoms with van der Waals surface area (Å²) in [6.07, 6.45) is 1.58. The first-order chi connectivity index (χ1) is 12.7. The summed E-state index contributed by atoms with van der Waals surface area (Å²) in [5, 5.41) is 10.8. The van der Waals surface area contributed by atoms with E-state index in [4.69, 9.17) is 0 Å². The fourth-order valence-corrected chi connectivity index (χ4v) is 3.45. The summed E-state index contributed by atoms with van der Waals surface area (Å²) in [6.45, 7) is 5.38. The van der Waals surface area contributed by atoms with Gasteiger partial charge in [-0.1, -0.05) is 35.4 Å². The third-order valence-corrected chi connectivity index (χ3v) is 5.03. The minimum atomic E-state index is -1.54. The van der Waals surface area contributed by atoms with Gasteiger partial charge in [-0.25, -0.2) is 4.79 Å². The molecule has 0 aliphatic rings. The standard InChI is InChI=1S/C22H22N2O3/c1-14-11-15(2)13-16(12-14)20(25)24(4)22(3,21(26)27)18-9-10-23-19-8-6-5-7-17(18)19/h5-13H,1-4H3,(H,26,27)/t22-/m1/s1. The maximum Gasteiger partial charge on any atom is 0.334 e. The molecule has 3 rings (SSSR count). The number of pyridine rings is 1. The van der Waals surface area contributed by atoms with Crippen LogP contribution in [0, 0.1) is 13.8 Å². The molecule has 1 atom stereocenters. The Labute approximate surface area is 158 Å². The van der Waals surface area contributed by atoms with Crippen molar-refractivity contribution in [3.63, 3.8) is 0 Å². The van der Waals surface area contributed by atoms with E-state index in [0.717, 1.165) is 11.1 Å². The lowest BCUT2D eigenvalue weighted by Gasteiger charge is -2.36. The van der Waals surface area contributed by atoms with Gasteiger partial charge in [-0.05, 0) is 50.6 Å². The van der Waals surface area contributed by atoms with Crippen molar-refractivity contribution in [1.82, 2.24) is 9.88 Å². The van der Waals surface area contributed by atoms with Crippen molar-refractivity contribution < 1.29 is 14.7 Å². The average molecular weight is 362 g/mol. The molecule has 0 unspecified atom stereocenters. The molecule has 5 nitrogen and oxygen atoms in total. The van der Waals surface area contributed by atoms with Crippen LogP contribution in [0.3, 0.4) is 0 Å². The second-order valence-corrected chi connectivity index (χ2v) is 6.99. The maximum atomic E-state index is 13.2. The van der Waals surface area contributed by atoms with Gasteiger partial charge >= 0.3 is 5.97 Å². The van der Waals surface area contributed by atoms with Gasteiger partial charge in [0.25, 0.3) is 5.91 Å². The number of para-hydroxylation sites is 1. The molecule has 0 saturated carbocycles. The predicted molar refractivity (Wildman–Crippen MR) is 105 cm³/mol. The summed E-state index contributed by atoms with van der Waals surface area (Å²) >= 11 is 0. The second-order valence-electron chi connectivity index (χ2n) is 6.99. The molecule has 0 aliphatic heterocycles. The van der Waals surface area contributed by atoms with Crippen LogP contribution in [0.4, 0.5) is 0 Å². The zero-order valence-corrected chi connectivity index (χ0v) is 15.9. The van der Waals surface area contributed by atoms with Gasteiger partial charge in [0.15, 0.2) is 5.54 Å². The van der Waals surface area contributed by atoms with E-state index in [1.165, 1.54) is 11.9 Å². The van der Waals surface area contributed by atoms with E-state index >= 15 is 0 Å². The van der Waals surface area contributed by atoms with Gasteiger partial charge in [0.2, 0.25) is 0 Å². The van der Waals surface area contributed by atoms with E-state index in [1.807, 2.05) is 44.2 Å². The average Bonchev–Trinajstić information content (AvgIpc) is 2.64. The van der Waals surface area contributed by atoms with Crippen molar-refractivity contribution in [2.45, 2.75) is 26.3 Å². The third kappa shape index (κ3) is 3.16. The summed E-state index contributed by atoms with van der Waals surface area (Å²) in [5.41, 5.74) is 2.06. The van der Waals surface area contributed by atoms with Gasteiger partial charge in [0.05, 0.1) is 5.52 Å². The largest absolute Gasteiger partial charge is 0.479 e. The van der Waals surface area contributed by atoms with Crippen molar-refractivity contribution in [1.29, 1.82) is 0 Å². The minimum absolute atomic E-state index is 0.340. The molecule has 0 saturated heterocycles. The van der Waals surface area contributed by atoms with Crippen molar-refractivity contribution >= 4 is 22.8 Å². The van der Waals surface area contributed by atoms with Gasteiger partial charge in [0, 0.05) is 24.2 Å². The summed E-state index contributed by atoms with van der Waals surface area (Å²) < 4.78 is 0. The molecule has 2 aromatic carbocycles. The second kappa shape index (κ2) is 6.83. The topological polar surface area (TPSA) is 70.5 Å². The number of carbonyl (C=O) groups is 2. The van der Waals surface area contributed by atoms with Crippen LogP contribution in [-0.4, -0.2) is 33.9 Å². The Morgan fingerprint density at radius 2 is 1.67 bits per heavy atom. The van der Waals surface area contributed by atoms with Crippen LogP contribution in [0.5, 0.6) is 0 Å². The Balaban J connectivity index is 2.16. The fourth-order valence-electron chi connectivity index (χ4n) is 3.45. The Bertz CT molecular complexity index is 1020. The van der Waals surface area contributed by atoms with E-state index in [1.54, 1.807) is 31.3 Å². The molecule has 27 heavy (non-hydrogen) atoms. The van der Waals surface area contributed by atoms with Gasteiger partial charge in [0.1, 0.15) is 0 Å². The lowest BCUT2D eigenvalue weighted by atomic mass is 9.87. The lowest BCUT2D eigenvalue weighted by molar-refractivity contribution is -0.148. The number of hydrogen-bond donors (Lipinski definition) is 1. The van der Waals surface area contributed by atoms with E-state index in [2.05, 4.69) is 4.98 Å². The summed E-state index contributed by atoms with van der Waals surface area (Å²) in [7, 11) is 1.53. The molecule has 1 N–H and O–H groups in total. The van der Waals surface area contributed by atoms with Crippen molar-refractivity contribution in [3.8, 4) is 0 Å². The Hall–Kier alpha value is -3.21. The van der Waals surface area contributed by atoms with Crippen LogP contribution >= 0.6 is 0 Å². The Morgan fingerprint density at radius 3 is 2.30 bits per heavy atom. The first kappa shape index (κ1) is 18.6. The molecular formula is C22H22N2O3. The number of amides is 1. The summed E-state index contributed by atoms with van der Waals surface area (Å²) in [5.74, 6) is -1.44. The number of aliphatic carboxylic acids is 1. The molecule has 0 spiro atoms. The number of carboxylic acids is 1. The van der Waals surface area contributed by atoms with Gasteiger partial charge < -0.3 is 10.0 Å². The van der Waals surface area contributed by atoms with Crippen molar-refractivity contribution in [2.75, 3.05) is 7.05 Å². The third-order valence-electron chi connectivity index (χ3n) is 5.03. The van der Waals surface area contributed by atoms with E-state index in [-0.39, 0.29) is 5.91 Å². The smallest absolute Gasteiger partial charge is 0.334 e. The molecule has 0 radical (unpaired) electrons. The number of carbonyl (C=O) groups excluding carboxylic acids is 1. The quantitative estimate of drug-likeness (QED) is 0.763. The number of hydrogen-bond acceptors (Lipinski definition) is 3. The number of likely N-dealkylation sites (N-methyl/N-ethyl adjacent to an activating group) is 1. The first-order valence-electron chi connectivity index (χ1n) is 8.69. The van der Waals surface area contributed by atoms with Gasteiger partial charge in [-0.3, -0.25) is 9.78 Å². The molecule has 1 amide bonds. The molecule has 138 valence electrons. The molecule has 0 fully saturated rings. The highest BCUT2D eigenvalue weighted by Crippen LogP contribution is 2.33. The SMILES string of the molecule is Cc1cc(C)cc(C(=O)N(C)[C@@](C)(C(=O)O)c2ccnc3ccccc23)c1. The van der Waals surface area contributed by atoms with Gasteiger partial charge in [-0.2, -0.15) is 0 Å². The monoisotopic (exact) mass is 362 g/mol. The van der Waals surface area contributed by atoms with Crippen LogP contribution in [0.2, 0.25) is 0 Å². The molecule has 1 heterocycles. The van der Waals surface area contributed by atoms with Crippen molar-refractivity contribution in [3.05, 3.63) is 77.0 Å². The number of nitrogens with zero attached hydrogens (tertiary/aromatic N) is 2. The van der Waals surface area contributed by atoms with Crippen LogP contribution in [0.15, 0.2) is 54.7 Å². The summed E-state index contributed by atoms with van der Waals surface area (Å²) in [6, 6.07) is 14.5. The number of aromatic nitrogens is 1. The first-order valence-corrected chi connectivity index (χ1v) is 8.69. The number of carboxylic acid groups (broad SMARTS) is 1. The fraction of sp³-hybridized carbons (Fsp3) is 0.227.